The summed E-state index contributed by atoms with van der Waals surface area (Å²) in [6.07, 6.45) is 9.82. The van der Waals surface area contributed by atoms with Gasteiger partial charge < -0.3 is 35.2 Å². The second-order valence-corrected chi connectivity index (χ2v) is 14.6. The third kappa shape index (κ3) is 8.80. The molecule has 2 aromatic rings. The summed E-state index contributed by atoms with van der Waals surface area (Å²) in [5.74, 6) is 0.758. The van der Waals surface area contributed by atoms with Crippen molar-refractivity contribution in [2.45, 2.75) is 115 Å². The molecule has 0 unspecified atom stereocenters. The van der Waals surface area contributed by atoms with Gasteiger partial charge in [-0.2, -0.15) is 4.98 Å². The maximum atomic E-state index is 13.3. The average Bonchev–Trinajstić information content (AvgIpc) is 3.60. The summed E-state index contributed by atoms with van der Waals surface area (Å²) < 4.78 is 5.68. The van der Waals surface area contributed by atoms with Crippen molar-refractivity contribution in [1.82, 2.24) is 25.5 Å². The number of hydrogen-bond acceptors (Lipinski definition) is 10. The number of ether oxygens (including phenoxy) is 1. The van der Waals surface area contributed by atoms with E-state index in [1.54, 1.807) is 43.5 Å². The molecule has 49 heavy (non-hydrogen) atoms. The van der Waals surface area contributed by atoms with Gasteiger partial charge in [0.15, 0.2) is 5.82 Å². The van der Waals surface area contributed by atoms with E-state index in [1.807, 2.05) is 27.7 Å². The molecule has 1 aliphatic carbocycles. The summed E-state index contributed by atoms with van der Waals surface area (Å²) in [4.78, 5) is 53.8. The van der Waals surface area contributed by atoms with Crippen LogP contribution >= 0.6 is 0 Å². The van der Waals surface area contributed by atoms with Crippen molar-refractivity contribution in [2.24, 2.45) is 0 Å². The molecule has 0 radical (unpaired) electrons. The number of likely N-dealkylation sites (tertiary alicyclic amines) is 1. The van der Waals surface area contributed by atoms with E-state index in [2.05, 4.69) is 30.7 Å². The normalized spacial score (nSPS) is 19.9. The number of carboxylic acids is 1. The number of carbonyl (C=O) groups excluding carboxylic acids is 2. The number of carboxylic acid groups (broad SMARTS) is 1. The Hall–Kier alpha value is -3.97. The van der Waals surface area contributed by atoms with Crippen LogP contribution in [0.2, 0.25) is 0 Å². The second-order valence-electron chi connectivity index (χ2n) is 14.6. The molecule has 0 bridgehead atoms. The average molecular weight is 679 g/mol. The van der Waals surface area contributed by atoms with E-state index in [9.17, 15) is 19.5 Å². The first-order chi connectivity index (χ1) is 23.4. The molecule has 5 rings (SSSR count). The van der Waals surface area contributed by atoms with E-state index in [-0.39, 0.29) is 35.5 Å². The first-order valence-corrected chi connectivity index (χ1v) is 17.8. The van der Waals surface area contributed by atoms with Crippen LogP contribution in [0.4, 0.5) is 23.1 Å². The minimum Gasteiger partial charge on any atom is -0.495 e. The lowest BCUT2D eigenvalue weighted by atomic mass is 10.0. The van der Waals surface area contributed by atoms with Crippen molar-refractivity contribution in [3.8, 4) is 5.75 Å². The van der Waals surface area contributed by atoms with Gasteiger partial charge in [0, 0.05) is 43.3 Å². The molecule has 2 atom stereocenters. The molecule has 2 fully saturated rings. The van der Waals surface area contributed by atoms with Gasteiger partial charge in [-0.1, -0.05) is 19.8 Å². The Labute approximate surface area is 290 Å². The number of benzene rings is 1. The second kappa shape index (κ2) is 15.7. The fourth-order valence-electron chi connectivity index (χ4n) is 7.37. The van der Waals surface area contributed by atoms with Crippen LogP contribution in [0.5, 0.6) is 5.75 Å². The number of carbonyl (C=O) groups is 3. The highest BCUT2D eigenvalue weighted by atomic mass is 16.5. The standard InChI is InChI=1S/C36H54N8O5/c1-7-28-33(46)42(5)29-22-37-35(40-31(29)44(28)25-11-8-9-12-25)39-26-15-14-23(21-30(26)49-6)32(45)38-24-16-19-43(20-17-24)18-10-13-27(34(47)48)41-36(2,3)4/h14-15,21-22,24-25,27-28,41H,7-13,16-20H2,1-6H3,(H,38,45)(H,47,48)(H,37,39,40)/t27-,28+/m0/s1. The lowest BCUT2D eigenvalue weighted by Crippen LogP contribution is -2.55. The zero-order chi connectivity index (χ0) is 35.3. The van der Waals surface area contributed by atoms with Crippen molar-refractivity contribution < 1.29 is 24.2 Å². The molecule has 2 amide bonds. The number of amides is 2. The predicted molar refractivity (Wildman–Crippen MR) is 191 cm³/mol. The number of aromatic nitrogens is 2. The van der Waals surface area contributed by atoms with Crippen LogP contribution in [0.1, 0.15) is 95.8 Å². The number of nitrogens with zero attached hydrogens (tertiary/aromatic N) is 5. The van der Waals surface area contributed by atoms with Crippen LogP contribution < -0.4 is 30.5 Å². The molecule has 2 aliphatic heterocycles. The van der Waals surface area contributed by atoms with E-state index in [0.717, 1.165) is 70.4 Å². The molecule has 13 heteroatoms. The van der Waals surface area contributed by atoms with Gasteiger partial charge in [0.1, 0.15) is 23.5 Å². The highest BCUT2D eigenvalue weighted by Crippen LogP contribution is 2.40. The van der Waals surface area contributed by atoms with Gasteiger partial charge in [-0.15, -0.1) is 0 Å². The van der Waals surface area contributed by atoms with E-state index >= 15 is 0 Å². The van der Waals surface area contributed by atoms with Gasteiger partial charge in [0.2, 0.25) is 11.9 Å². The number of nitrogens with one attached hydrogen (secondary N) is 3. The van der Waals surface area contributed by atoms with Gasteiger partial charge >= 0.3 is 5.97 Å². The molecule has 3 heterocycles. The molecule has 4 N–H and O–H groups in total. The van der Waals surface area contributed by atoms with E-state index in [1.165, 1.54) is 0 Å². The molecule has 1 saturated heterocycles. The van der Waals surface area contributed by atoms with Crippen molar-refractivity contribution >= 4 is 40.9 Å². The number of fused-ring (bicyclic) bond motifs is 1. The summed E-state index contributed by atoms with van der Waals surface area (Å²) in [5, 5.41) is 19.2. The van der Waals surface area contributed by atoms with Gasteiger partial charge in [-0.3, -0.25) is 19.7 Å². The Balaban J connectivity index is 1.18. The highest BCUT2D eigenvalue weighted by Gasteiger charge is 2.41. The maximum absolute atomic E-state index is 13.3. The molecule has 1 aromatic carbocycles. The molecule has 13 nitrogen and oxygen atoms in total. The number of rotatable bonds is 13. The first-order valence-electron chi connectivity index (χ1n) is 17.8. The molecular formula is C36H54N8O5. The smallest absolute Gasteiger partial charge is 0.320 e. The molecule has 1 saturated carbocycles. The number of hydrogen-bond donors (Lipinski definition) is 4. The lowest BCUT2D eigenvalue weighted by Gasteiger charge is -2.43. The molecule has 1 aromatic heterocycles. The zero-order valence-electron chi connectivity index (χ0n) is 29.9. The summed E-state index contributed by atoms with van der Waals surface area (Å²) in [6.45, 7) is 10.5. The number of methoxy groups -OCH3 is 1. The molecule has 268 valence electrons. The third-order valence-corrected chi connectivity index (χ3v) is 9.92. The minimum atomic E-state index is -0.813. The zero-order valence-corrected chi connectivity index (χ0v) is 29.9. The summed E-state index contributed by atoms with van der Waals surface area (Å²) in [6, 6.07) is 4.81. The van der Waals surface area contributed by atoms with Crippen LogP contribution in [0.15, 0.2) is 24.4 Å². The van der Waals surface area contributed by atoms with Crippen LogP contribution in [-0.4, -0.2) is 101 Å². The van der Waals surface area contributed by atoms with Crippen LogP contribution in [0.3, 0.4) is 0 Å². The molecular weight excluding hydrogens is 624 g/mol. The van der Waals surface area contributed by atoms with Crippen LogP contribution in [0.25, 0.3) is 0 Å². The summed E-state index contributed by atoms with van der Waals surface area (Å²) >= 11 is 0. The Morgan fingerprint density at radius 1 is 1.12 bits per heavy atom. The van der Waals surface area contributed by atoms with Gasteiger partial charge in [0.05, 0.1) is 19.0 Å². The van der Waals surface area contributed by atoms with Crippen molar-refractivity contribution in [3.63, 3.8) is 0 Å². The predicted octanol–water partition coefficient (Wildman–Crippen LogP) is 4.55. The largest absolute Gasteiger partial charge is 0.495 e. The number of likely N-dealkylation sites (N-methyl/N-ethyl adjacent to an activating group) is 1. The van der Waals surface area contributed by atoms with Crippen LogP contribution in [0, 0.1) is 0 Å². The van der Waals surface area contributed by atoms with E-state index in [0.29, 0.717) is 41.5 Å². The Morgan fingerprint density at radius 2 is 1.84 bits per heavy atom. The first kappa shape index (κ1) is 36.3. The van der Waals surface area contributed by atoms with Crippen molar-refractivity contribution in [1.29, 1.82) is 0 Å². The van der Waals surface area contributed by atoms with Crippen molar-refractivity contribution in [2.75, 3.05) is 48.9 Å². The third-order valence-electron chi connectivity index (χ3n) is 9.92. The Morgan fingerprint density at radius 3 is 2.47 bits per heavy atom. The molecule has 0 spiro atoms. The highest BCUT2D eigenvalue weighted by molar-refractivity contribution is 6.04. The Bertz CT molecular complexity index is 1480. The fraction of sp³-hybridized carbons (Fsp3) is 0.639. The topological polar surface area (TPSA) is 152 Å². The fourth-order valence-corrected chi connectivity index (χ4v) is 7.37. The lowest BCUT2D eigenvalue weighted by molar-refractivity contribution is -0.140. The summed E-state index contributed by atoms with van der Waals surface area (Å²) in [5.41, 5.74) is 1.58. The Kier molecular flexibility index (Phi) is 11.6. The van der Waals surface area contributed by atoms with Gasteiger partial charge in [-0.25, -0.2) is 4.98 Å². The van der Waals surface area contributed by atoms with Crippen LogP contribution in [-0.2, 0) is 9.59 Å². The number of piperidine rings is 1. The van der Waals surface area contributed by atoms with Gasteiger partial charge in [0.25, 0.3) is 5.91 Å². The van der Waals surface area contributed by atoms with Crippen molar-refractivity contribution in [3.05, 3.63) is 30.0 Å². The van der Waals surface area contributed by atoms with E-state index < -0.39 is 12.0 Å². The maximum Gasteiger partial charge on any atom is 0.320 e. The quantitative estimate of drug-likeness (QED) is 0.236. The van der Waals surface area contributed by atoms with Gasteiger partial charge in [-0.05, 0) is 90.5 Å². The number of aliphatic carboxylic acids is 1. The molecule has 3 aliphatic rings. The minimum absolute atomic E-state index is 0.0607. The monoisotopic (exact) mass is 678 g/mol. The van der Waals surface area contributed by atoms with E-state index in [4.69, 9.17) is 9.72 Å². The summed E-state index contributed by atoms with van der Waals surface area (Å²) in [7, 11) is 3.35. The number of anilines is 4. The SMILES string of the molecule is CC[C@@H]1C(=O)N(C)c2cnc(Nc3ccc(C(=O)NC4CCN(CCC[C@H](NC(C)(C)C)C(=O)O)CC4)cc3OC)nc2N1C1CCCC1.